The number of carbonyl (C=O) groups is 1. The Kier molecular flexibility index (Phi) is 4.50. The molecular formula is C24H26N6O2. The topological polar surface area (TPSA) is 83.5 Å². The van der Waals surface area contributed by atoms with E-state index in [1.54, 1.807) is 0 Å². The van der Waals surface area contributed by atoms with Crippen molar-refractivity contribution in [3.05, 3.63) is 53.3 Å². The zero-order valence-corrected chi connectivity index (χ0v) is 18.3. The van der Waals surface area contributed by atoms with Crippen molar-refractivity contribution in [2.24, 2.45) is 0 Å². The summed E-state index contributed by atoms with van der Waals surface area (Å²) < 4.78 is 5.74. The summed E-state index contributed by atoms with van der Waals surface area (Å²) in [4.78, 5) is 31.3. The van der Waals surface area contributed by atoms with E-state index in [1.165, 1.54) is 0 Å². The van der Waals surface area contributed by atoms with E-state index in [4.69, 9.17) is 14.7 Å². The van der Waals surface area contributed by atoms with E-state index in [2.05, 4.69) is 27.3 Å². The van der Waals surface area contributed by atoms with E-state index < -0.39 is 0 Å². The molecule has 6 rings (SSSR count). The quantitative estimate of drug-likeness (QED) is 0.666. The molecule has 2 bridgehead atoms. The molecule has 2 atom stereocenters. The highest BCUT2D eigenvalue weighted by atomic mass is 16.5. The van der Waals surface area contributed by atoms with E-state index in [0.29, 0.717) is 31.3 Å². The first-order valence-electron chi connectivity index (χ1n) is 11.2. The smallest absolute Gasteiger partial charge is 0.273 e. The standard InChI is InChI=1S/C24H26N6O2/c1-14(2)29-12-19-21(23(29)31)27-24(30-11-18-8-17(30)13-32-18)28-22(19)26-10-15-7-16-5-3-4-6-20(16)25-9-15/h3-7,9,14,17-18H,8,10-13H2,1-2H3,(H,26,27,28)/t17-,18-/m1/s1. The Labute approximate surface area is 186 Å². The summed E-state index contributed by atoms with van der Waals surface area (Å²) in [6, 6.07) is 10.6. The Morgan fingerprint density at radius 1 is 1.25 bits per heavy atom. The molecule has 8 heteroatoms. The highest BCUT2D eigenvalue weighted by molar-refractivity contribution is 5.98. The van der Waals surface area contributed by atoms with Crippen molar-refractivity contribution in [2.45, 2.75) is 51.5 Å². The number of anilines is 2. The van der Waals surface area contributed by atoms with Crippen LogP contribution in [0.1, 0.15) is 41.9 Å². The maximum atomic E-state index is 13.1. The second-order valence-electron chi connectivity index (χ2n) is 9.11. The highest BCUT2D eigenvalue weighted by Gasteiger charge is 2.42. The number of nitrogens with zero attached hydrogens (tertiary/aromatic N) is 5. The average molecular weight is 431 g/mol. The van der Waals surface area contributed by atoms with Gasteiger partial charge in [-0.25, -0.2) is 4.98 Å². The summed E-state index contributed by atoms with van der Waals surface area (Å²) in [5.74, 6) is 1.34. The number of ether oxygens (including phenoxy) is 1. The zero-order valence-electron chi connectivity index (χ0n) is 18.3. The number of amides is 1. The number of para-hydroxylation sites is 1. The van der Waals surface area contributed by atoms with Gasteiger partial charge in [0.2, 0.25) is 5.95 Å². The molecule has 1 aromatic carbocycles. The highest BCUT2D eigenvalue weighted by Crippen LogP contribution is 2.35. The Bertz CT molecular complexity index is 1210. The molecule has 164 valence electrons. The number of fused-ring (bicyclic) bond motifs is 4. The number of aromatic nitrogens is 3. The third-order valence-corrected chi connectivity index (χ3v) is 6.67. The molecule has 32 heavy (non-hydrogen) atoms. The minimum atomic E-state index is -0.0188. The van der Waals surface area contributed by atoms with Crippen LogP contribution in [0.3, 0.4) is 0 Å². The van der Waals surface area contributed by atoms with Gasteiger partial charge >= 0.3 is 0 Å². The maximum Gasteiger partial charge on any atom is 0.273 e. The minimum absolute atomic E-state index is 0.0188. The maximum absolute atomic E-state index is 13.1. The fourth-order valence-electron chi connectivity index (χ4n) is 4.91. The minimum Gasteiger partial charge on any atom is -0.374 e. The van der Waals surface area contributed by atoms with E-state index in [0.717, 1.165) is 40.8 Å². The number of carbonyl (C=O) groups excluding carboxylic acids is 1. The van der Waals surface area contributed by atoms with Crippen molar-refractivity contribution < 1.29 is 9.53 Å². The van der Waals surface area contributed by atoms with Crippen LogP contribution in [0, 0.1) is 0 Å². The van der Waals surface area contributed by atoms with E-state index in [1.807, 2.05) is 43.1 Å². The summed E-state index contributed by atoms with van der Waals surface area (Å²) in [6.07, 6.45) is 3.12. The van der Waals surface area contributed by atoms with Crippen LogP contribution < -0.4 is 10.2 Å². The Morgan fingerprint density at radius 2 is 2.12 bits per heavy atom. The Morgan fingerprint density at radius 3 is 2.91 bits per heavy atom. The number of benzene rings is 1. The van der Waals surface area contributed by atoms with Crippen molar-refractivity contribution in [1.82, 2.24) is 19.9 Å². The summed E-state index contributed by atoms with van der Waals surface area (Å²) >= 11 is 0. The van der Waals surface area contributed by atoms with Crippen LogP contribution in [0.4, 0.5) is 11.8 Å². The van der Waals surface area contributed by atoms with Crippen molar-refractivity contribution in [1.29, 1.82) is 0 Å². The molecular weight excluding hydrogens is 404 g/mol. The zero-order chi connectivity index (χ0) is 21.8. The molecule has 5 heterocycles. The van der Waals surface area contributed by atoms with Gasteiger partial charge in [0.15, 0.2) is 0 Å². The van der Waals surface area contributed by atoms with Crippen molar-refractivity contribution >= 4 is 28.6 Å². The second-order valence-corrected chi connectivity index (χ2v) is 9.11. The third kappa shape index (κ3) is 3.17. The van der Waals surface area contributed by atoms with Gasteiger partial charge in [-0.2, -0.15) is 4.98 Å². The van der Waals surface area contributed by atoms with Crippen LogP contribution in [-0.2, 0) is 17.8 Å². The molecule has 0 radical (unpaired) electrons. The molecule has 0 spiro atoms. The van der Waals surface area contributed by atoms with E-state index in [9.17, 15) is 4.79 Å². The first-order chi connectivity index (χ1) is 15.6. The monoisotopic (exact) mass is 430 g/mol. The fraction of sp³-hybridized carbons (Fsp3) is 0.417. The molecule has 0 saturated carbocycles. The lowest BCUT2D eigenvalue weighted by molar-refractivity contribution is 0.0726. The first-order valence-corrected chi connectivity index (χ1v) is 11.2. The lowest BCUT2D eigenvalue weighted by Crippen LogP contribution is -2.38. The Balaban J connectivity index is 1.34. The van der Waals surface area contributed by atoms with Gasteiger partial charge in [-0.05, 0) is 38.0 Å². The molecule has 1 N–H and O–H groups in total. The van der Waals surface area contributed by atoms with Crippen LogP contribution in [0.2, 0.25) is 0 Å². The van der Waals surface area contributed by atoms with Gasteiger partial charge in [0.1, 0.15) is 11.5 Å². The normalized spacial score (nSPS) is 21.8. The molecule has 1 amide bonds. The van der Waals surface area contributed by atoms with Crippen molar-refractivity contribution in [3.63, 3.8) is 0 Å². The van der Waals surface area contributed by atoms with Crippen LogP contribution in [0.15, 0.2) is 36.5 Å². The van der Waals surface area contributed by atoms with Crippen LogP contribution in [0.25, 0.3) is 10.9 Å². The SMILES string of the molecule is CC(C)N1Cc2c(NCc3cnc4ccccc4c3)nc(N3C[C@H]4C[C@@H]3CO4)nc2C1=O. The van der Waals surface area contributed by atoms with E-state index >= 15 is 0 Å². The largest absolute Gasteiger partial charge is 0.374 e. The number of hydrogen-bond acceptors (Lipinski definition) is 7. The number of hydrogen-bond donors (Lipinski definition) is 1. The van der Waals surface area contributed by atoms with Gasteiger partial charge in [0, 0.05) is 36.3 Å². The number of pyridine rings is 1. The first kappa shape index (κ1) is 19.4. The predicted octanol–water partition coefficient (Wildman–Crippen LogP) is 2.98. The molecule has 8 nitrogen and oxygen atoms in total. The van der Waals surface area contributed by atoms with Crippen LogP contribution in [-0.4, -0.2) is 57.1 Å². The fourth-order valence-corrected chi connectivity index (χ4v) is 4.91. The molecule has 2 saturated heterocycles. The summed E-state index contributed by atoms with van der Waals surface area (Å²) in [7, 11) is 0. The summed E-state index contributed by atoms with van der Waals surface area (Å²) in [6.45, 7) is 6.64. The number of rotatable bonds is 5. The van der Waals surface area contributed by atoms with Gasteiger partial charge in [-0.1, -0.05) is 18.2 Å². The molecule has 3 aromatic rings. The van der Waals surface area contributed by atoms with Crippen molar-refractivity contribution in [2.75, 3.05) is 23.4 Å². The molecule has 2 aromatic heterocycles. The van der Waals surface area contributed by atoms with Gasteiger partial charge in [0.25, 0.3) is 5.91 Å². The Hall–Kier alpha value is -3.26. The molecule has 3 aliphatic heterocycles. The van der Waals surface area contributed by atoms with E-state index in [-0.39, 0.29) is 24.1 Å². The summed E-state index contributed by atoms with van der Waals surface area (Å²) in [5, 5.41) is 4.59. The summed E-state index contributed by atoms with van der Waals surface area (Å²) in [5.41, 5.74) is 3.44. The van der Waals surface area contributed by atoms with Crippen molar-refractivity contribution in [3.8, 4) is 0 Å². The van der Waals surface area contributed by atoms with Crippen LogP contribution in [0.5, 0.6) is 0 Å². The van der Waals surface area contributed by atoms with Gasteiger partial charge in [-0.15, -0.1) is 0 Å². The molecule has 2 fully saturated rings. The van der Waals surface area contributed by atoms with Gasteiger partial charge in [-0.3, -0.25) is 9.78 Å². The third-order valence-electron chi connectivity index (χ3n) is 6.67. The van der Waals surface area contributed by atoms with Crippen LogP contribution >= 0.6 is 0 Å². The molecule has 0 aliphatic carbocycles. The number of morpholine rings is 1. The molecule has 3 aliphatic rings. The predicted molar refractivity (Wildman–Crippen MR) is 122 cm³/mol. The lowest BCUT2D eigenvalue weighted by atomic mass is 10.1. The van der Waals surface area contributed by atoms with Gasteiger partial charge in [0.05, 0.1) is 30.8 Å². The van der Waals surface area contributed by atoms with Gasteiger partial charge < -0.3 is 19.9 Å². The lowest BCUT2D eigenvalue weighted by Gasteiger charge is -2.27. The number of nitrogens with one attached hydrogen (secondary N) is 1. The second kappa shape index (κ2) is 7.41. The average Bonchev–Trinajstić information content (AvgIpc) is 3.52. The molecule has 0 unspecified atom stereocenters.